The Kier molecular flexibility index (Phi) is 4.91. The summed E-state index contributed by atoms with van der Waals surface area (Å²) >= 11 is 1.61. The summed E-state index contributed by atoms with van der Waals surface area (Å²) in [5, 5.41) is 5.23. The molecule has 0 saturated carbocycles. The number of carbonyl (C=O) groups is 1. The Morgan fingerprint density at radius 3 is 2.40 bits per heavy atom. The zero-order chi connectivity index (χ0) is 14.4. The molecule has 102 valence electrons. The zero-order valence-electron chi connectivity index (χ0n) is 11.6. The lowest BCUT2D eigenvalue weighted by molar-refractivity contribution is -0.105. The van der Waals surface area contributed by atoms with Gasteiger partial charge in [-0.25, -0.2) is 0 Å². The van der Waals surface area contributed by atoms with E-state index in [0.29, 0.717) is 5.70 Å². The molecule has 0 atom stereocenters. The van der Waals surface area contributed by atoms with Gasteiger partial charge in [0, 0.05) is 10.6 Å². The second-order valence-corrected chi connectivity index (χ2v) is 5.58. The zero-order valence-corrected chi connectivity index (χ0v) is 12.4. The van der Waals surface area contributed by atoms with Crippen molar-refractivity contribution < 1.29 is 4.79 Å². The van der Waals surface area contributed by atoms with Crippen molar-refractivity contribution in [3.63, 3.8) is 0 Å². The largest absolute Gasteiger partial charge is 0.352 e. The molecule has 0 aliphatic heterocycles. The van der Waals surface area contributed by atoms with Gasteiger partial charge in [-0.15, -0.1) is 11.3 Å². The number of hydrogen-bond donors (Lipinski definition) is 1. The summed E-state index contributed by atoms with van der Waals surface area (Å²) in [7, 11) is 0. The Morgan fingerprint density at radius 2 is 1.85 bits per heavy atom. The number of nitrogens with one attached hydrogen (secondary N) is 1. The molecule has 3 heteroatoms. The molecule has 1 heterocycles. The van der Waals surface area contributed by atoms with Crippen molar-refractivity contribution in [2.75, 3.05) is 0 Å². The molecule has 0 fully saturated rings. The Bertz CT molecular complexity index is 620. The normalized spacial score (nSPS) is 11.0. The van der Waals surface area contributed by atoms with Crippen LogP contribution in [-0.2, 0) is 4.79 Å². The van der Waals surface area contributed by atoms with Gasteiger partial charge in [0.2, 0.25) is 0 Å². The minimum Gasteiger partial charge on any atom is -0.352 e. The molecule has 0 saturated heterocycles. The van der Waals surface area contributed by atoms with Gasteiger partial charge < -0.3 is 5.32 Å². The number of rotatable bonds is 5. The lowest BCUT2D eigenvalue weighted by Gasteiger charge is -2.13. The highest BCUT2D eigenvalue weighted by molar-refractivity contribution is 7.10. The highest BCUT2D eigenvalue weighted by Gasteiger charge is 2.05. The summed E-state index contributed by atoms with van der Waals surface area (Å²) in [6, 6.07) is 14.0. The molecule has 20 heavy (non-hydrogen) atoms. The quantitative estimate of drug-likeness (QED) is 0.653. The SMILES string of the molecule is CC(C)=C(N/C(C=O)=C/c1cccs1)c1ccccc1. The predicted octanol–water partition coefficient (Wildman–Crippen LogP) is 4.33. The van der Waals surface area contributed by atoms with E-state index in [4.69, 9.17) is 0 Å². The maximum absolute atomic E-state index is 11.3. The first-order valence-corrected chi connectivity index (χ1v) is 7.29. The van der Waals surface area contributed by atoms with E-state index in [0.717, 1.165) is 28.0 Å². The third kappa shape index (κ3) is 3.68. The number of aldehydes is 1. The fourth-order valence-electron chi connectivity index (χ4n) is 1.86. The van der Waals surface area contributed by atoms with E-state index in [1.54, 1.807) is 11.3 Å². The smallest absolute Gasteiger partial charge is 0.166 e. The van der Waals surface area contributed by atoms with Gasteiger partial charge in [0.25, 0.3) is 0 Å². The molecule has 0 unspecified atom stereocenters. The molecule has 0 amide bonds. The van der Waals surface area contributed by atoms with Gasteiger partial charge in [0.05, 0.1) is 5.70 Å². The molecule has 0 bridgehead atoms. The van der Waals surface area contributed by atoms with Crippen molar-refractivity contribution in [3.05, 3.63) is 69.6 Å². The van der Waals surface area contributed by atoms with Crippen LogP contribution in [0.4, 0.5) is 0 Å². The van der Waals surface area contributed by atoms with E-state index in [-0.39, 0.29) is 0 Å². The molecule has 2 rings (SSSR count). The van der Waals surface area contributed by atoms with E-state index in [1.807, 2.05) is 67.8 Å². The topological polar surface area (TPSA) is 29.1 Å². The first-order valence-electron chi connectivity index (χ1n) is 6.41. The summed E-state index contributed by atoms with van der Waals surface area (Å²) in [5.74, 6) is 0. The average Bonchev–Trinajstić information content (AvgIpc) is 2.96. The van der Waals surface area contributed by atoms with Gasteiger partial charge in [0.15, 0.2) is 6.29 Å². The van der Waals surface area contributed by atoms with Crippen LogP contribution >= 0.6 is 11.3 Å². The molecule has 0 radical (unpaired) electrons. The van der Waals surface area contributed by atoms with Crippen molar-refractivity contribution >= 4 is 29.4 Å². The molecule has 0 spiro atoms. The van der Waals surface area contributed by atoms with Gasteiger partial charge in [0.1, 0.15) is 0 Å². The third-order valence-electron chi connectivity index (χ3n) is 2.80. The van der Waals surface area contributed by atoms with Crippen LogP contribution in [0, 0.1) is 0 Å². The monoisotopic (exact) mass is 283 g/mol. The van der Waals surface area contributed by atoms with Gasteiger partial charge in [-0.1, -0.05) is 42.0 Å². The summed E-state index contributed by atoms with van der Waals surface area (Å²) in [4.78, 5) is 12.3. The fourth-order valence-corrected chi connectivity index (χ4v) is 2.53. The Hall–Kier alpha value is -2.13. The molecular weight excluding hydrogens is 266 g/mol. The van der Waals surface area contributed by atoms with Gasteiger partial charge in [-0.2, -0.15) is 0 Å². The Morgan fingerprint density at radius 1 is 1.10 bits per heavy atom. The minimum absolute atomic E-state index is 0.563. The van der Waals surface area contributed by atoms with Crippen LogP contribution in [0.25, 0.3) is 11.8 Å². The third-order valence-corrected chi connectivity index (χ3v) is 3.62. The number of benzene rings is 1. The summed E-state index contributed by atoms with van der Waals surface area (Å²) < 4.78 is 0. The summed E-state index contributed by atoms with van der Waals surface area (Å²) in [6.07, 6.45) is 2.72. The number of thiophene rings is 1. The second kappa shape index (κ2) is 6.87. The maximum Gasteiger partial charge on any atom is 0.166 e. The average molecular weight is 283 g/mol. The molecule has 0 aliphatic carbocycles. The number of carbonyl (C=O) groups excluding carboxylic acids is 1. The maximum atomic E-state index is 11.3. The van der Waals surface area contributed by atoms with Crippen molar-refractivity contribution in [2.24, 2.45) is 0 Å². The van der Waals surface area contributed by atoms with Crippen LogP contribution in [0.15, 0.2) is 59.1 Å². The lowest BCUT2D eigenvalue weighted by atomic mass is 10.1. The van der Waals surface area contributed by atoms with E-state index in [1.165, 1.54) is 0 Å². The number of hydrogen-bond acceptors (Lipinski definition) is 3. The van der Waals surface area contributed by atoms with Gasteiger partial charge in [-0.05, 0) is 36.9 Å². The molecule has 2 aromatic rings. The summed E-state index contributed by atoms with van der Waals surface area (Å²) in [6.45, 7) is 4.06. The molecule has 0 aliphatic rings. The lowest BCUT2D eigenvalue weighted by Crippen LogP contribution is -2.14. The van der Waals surface area contributed by atoms with Crippen LogP contribution < -0.4 is 5.32 Å². The molecule has 1 aromatic carbocycles. The predicted molar refractivity (Wildman–Crippen MR) is 86.2 cm³/mol. The molecular formula is C17H17NOS. The van der Waals surface area contributed by atoms with Crippen LogP contribution in [0.5, 0.6) is 0 Å². The summed E-state index contributed by atoms with van der Waals surface area (Å²) in [5.41, 5.74) is 3.74. The van der Waals surface area contributed by atoms with E-state index in [2.05, 4.69) is 5.32 Å². The molecule has 2 nitrogen and oxygen atoms in total. The van der Waals surface area contributed by atoms with E-state index < -0.39 is 0 Å². The fraction of sp³-hybridized carbons (Fsp3) is 0.118. The minimum atomic E-state index is 0.563. The Balaban J connectivity index is 2.29. The van der Waals surface area contributed by atoms with Gasteiger partial charge >= 0.3 is 0 Å². The number of allylic oxidation sites excluding steroid dienone is 2. The second-order valence-electron chi connectivity index (χ2n) is 4.60. The standard InChI is InChI=1S/C17H17NOS/c1-13(2)17(14-7-4-3-5-8-14)18-15(12-19)11-16-9-6-10-20-16/h3-12,18H,1-2H3/b15-11+. The first kappa shape index (κ1) is 14.3. The molecule has 1 aromatic heterocycles. The molecule has 1 N–H and O–H groups in total. The highest BCUT2D eigenvalue weighted by atomic mass is 32.1. The van der Waals surface area contributed by atoms with Crippen molar-refractivity contribution in [1.29, 1.82) is 0 Å². The van der Waals surface area contributed by atoms with E-state index >= 15 is 0 Å². The van der Waals surface area contributed by atoms with Gasteiger partial charge in [-0.3, -0.25) is 4.79 Å². The van der Waals surface area contributed by atoms with Crippen molar-refractivity contribution in [2.45, 2.75) is 13.8 Å². The van der Waals surface area contributed by atoms with Crippen LogP contribution in [0.1, 0.15) is 24.3 Å². The van der Waals surface area contributed by atoms with Crippen LogP contribution in [0.3, 0.4) is 0 Å². The first-order chi connectivity index (χ1) is 9.70. The van der Waals surface area contributed by atoms with Crippen molar-refractivity contribution in [3.8, 4) is 0 Å². The van der Waals surface area contributed by atoms with E-state index in [9.17, 15) is 4.79 Å². The van der Waals surface area contributed by atoms with Crippen molar-refractivity contribution in [1.82, 2.24) is 5.32 Å². The highest BCUT2D eigenvalue weighted by Crippen LogP contribution is 2.18. The van der Waals surface area contributed by atoms with Crippen LogP contribution in [0.2, 0.25) is 0 Å². The van der Waals surface area contributed by atoms with Crippen LogP contribution in [-0.4, -0.2) is 6.29 Å². The Labute approximate surface area is 123 Å².